The van der Waals surface area contributed by atoms with Crippen LogP contribution < -0.4 is 5.32 Å². The molecule has 2 heterocycles. The van der Waals surface area contributed by atoms with Crippen LogP contribution in [0.4, 0.5) is 5.69 Å². The molecule has 1 aromatic heterocycles. The molecule has 1 amide bonds. The minimum Gasteiger partial charge on any atom is -0.379 e. The van der Waals surface area contributed by atoms with Crippen molar-refractivity contribution < 1.29 is 17.9 Å². The number of ether oxygens (including phenoxy) is 1. The number of sulfonamides is 1. The molecule has 5 rings (SSSR count). The van der Waals surface area contributed by atoms with Crippen LogP contribution in [0.25, 0.3) is 11.1 Å². The molecule has 2 aromatic carbocycles. The molecule has 0 spiro atoms. The summed E-state index contributed by atoms with van der Waals surface area (Å²) >= 11 is 0. The topological polar surface area (TPSA) is 91.5 Å². The Morgan fingerprint density at radius 3 is 2.60 bits per heavy atom. The predicted octanol–water partition coefficient (Wildman–Crippen LogP) is 2.86. The van der Waals surface area contributed by atoms with E-state index in [1.165, 1.54) is 33.3 Å². The number of nitrogens with one attached hydrogen (secondary N) is 2. The van der Waals surface area contributed by atoms with Gasteiger partial charge in [-0.3, -0.25) is 4.79 Å². The van der Waals surface area contributed by atoms with E-state index in [0.717, 1.165) is 12.0 Å². The highest BCUT2D eigenvalue weighted by atomic mass is 32.2. The summed E-state index contributed by atoms with van der Waals surface area (Å²) in [6, 6.07) is 15.5. The van der Waals surface area contributed by atoms with Crippen LogP contribution in [0.5, 0.6) is 0 Å². The van der Waals surface area contributed by atoms with Gasteiger partial charge in [-0.25, -0.2) is 8.42 Å². The molecule has 1 aliphatic heterocycles. The van der Waals surface area contributed by atoms with Gasteiger partial charge in [0.15, 0.2) is 0 Å². The Morgan fingerprint density at radius 1 is 1.00 bits per heavy atom. The zero-order valence-corrected chi connectivity index (χ0v) is 17.0. The normalized spacial score (nSPS) is 16.1. The molecule has 0 radical (unpaired) electrons. The van der Waals surface area contributed by atoms with Gasteiger partial charge in [0.25, 0.3) is 5.91 Å². The summed E-state index contributed by atoms with van der Waals surface area (Å²) in [5, 5.41) is 2.86. The van der Waals surface area contributed by atoms with Crippen LogP contribution in [0.3, 0.4) is 0 Å². The summed E-state index contributed by atoms with van der Waals surface area (Å²) in [5.41, 5.74) is 5.73. The van der Waals surface area contributed by atoms with E-state index in [-0.39, 0.29) is 16.5 Å². The van der Waals surface area contributed by atoms with E-state index in [4.69, 9.17) is 4.74 Å². The highest BCUT2D eigenvalue weighted by molar-refractivity contribution is 7.89. The SMILES string of the molecule is O=C(Nc1ccc2c(c1)Cc1ccccc1-2)c1cc(S(=O)(=O)N2CCOCC2)c[nH]1. The zero-order chi connectivity index (χ0) is 20.7. The number of H-pyrrole nitrogens is 1. The van der Waals surface area contributed by atoms with Crippen molar-refractivity contribution in [2.24, 2.45) is 0 Å². The number of benzene rings is 2. The summed E-state index contributed by atoms with van der Waals surface area (Å²) < 4.78 is 32.1. The Kier molecular flexibility index (Phi) is 4.69. The second-order valence-corrected chi connectivity index (χ2v) is 9.36. The first-order chi connectivity index (χ1) is 14.5. The molecule has 1 aliphatic carbocycles. The van der Waals surface area contributed by atoms with Crippen LogP contribution in [0.15, 0.2) is 59.6 Å². The van der Waals surface area contributed by atoms with Gasteiger partial charge in [0.2, 0.25) is 10.0 Å². The lowest BCUT2D eigenvalue weighted by Crippen LogP contribution is -2.40. The molecule has 8 heteroatoms. The second-order valence-electron chi connectivity index (χ2n) is 7.43. The molecule has 2 aliphatic rings. The maximum absolute atomic E-state index is 12.7. The van der Waals surface area contributed by atoms with E-state index < -0.39 is 10.0 Å². The summed E-state index contributed by atoms with van der Waals surface area (Å²) in [6.07, 6.45) is 2.19. The lowest BCUT2D eigenvalue weighted by molar-refractivity contribution is 0.0730. The first-order valence-electron chi connectivity index (χ1n) is 9.81. The molecule has 30 heavy (non-hydrogen) atoms. The number of nitrogens with zero attached hydrogens (tertiary/aromatic N) is 1. The minimum atomic E-state index is -3.64. The van der Waals surface area contributed by atoms with Gasteiger partial charge >= 0.3 is 0 Å². The van der Waals surface area contributed by atoms with Crippen molar-refractivity contribution >= 4 is 21.6 Å². The average Bonchev–Trinajstić information content (AvgIpc) is 3.40. The summed E-state index contributed by atoms with van der Waals surface area (Å²) in [6.45, 7) is 1.37. The number of aromatic nitrogens is 1. The maximum Gasteiger partial charge on any atom is 0.272 e. The number of anilines is 1. The third kappa shape index (κ3) is 3.32. The number of amides is 1. The van der Waals surface area contributed by atoms with Crippen LogP contribution in [0.1, 0.15) is 21.6 Å². The Balaban J connectivity index is 1.33. The summed E-state index contributed by atoms with van der Waals surface area (Å²) in [4.78, 5) is 15.5. The quantitative estimate of drug-likeness (QED) is 0.528. The number of fused-ring (bicyclic) bond motifs is 3. The molecule has 0 saturated carbocycles. The van der Waals surface area contributed by atoms with E-state index in [0.29, 0.717) is 32.0 Å². The van der Waals surface area contributed by atoms with Gasteiger partial charge < -0.3 is 15.0 Å². The lowest BCUT2D eigenvalue weighted by atomic mass is 10.1. The molecular formula is C22H21N3O4S. The molecular weight excluding hydrogens is 402 g/mol. The molecule has 3 aromatic rings. The number of hydrogen-bond donors (Lipinski definition) is 2. The average molecular weight is 423 g/mol. The monoisotopic (exact) mass is 423 g/mol. The van der Waals surface area contributed by atoms with E-state index in [2.05, 4.69) is 22.4 Å². The number of hydrogen-bond acceptors (Lipinski definition) is 4. The third-order valence-electron chi connectivity index (χ3n) is 5.56. The van der Waals surface area contributed by atoms with Crippen molar-refractivity contribution in [1.29, 1.82) is 0 Å². The smallest absolute Gasteiger partial charge is 0.272 e. The highest BCUT2D eigenvalue weighted by Crippen LogP contribution is 2.37. The van der Waals surface area contributed by atoms with Gasteiger partial charge in [-0.2, -0.15) is 4.31 Å². The fraction of sp³-hybridized carbons (Fsp3) is 0.227. The second kappa shape index (κ2) is 7.39. The Bertz CT molecular complexity index is 1230. The van der Waals surface area contributed by atoms with Crippen molar-refractivity contribution in [3.63, 3.8) is 0 Å². The van der Waals surface area contributed by atoms with Gasteiger partial charge in [-0.15, -0.1) is 0 Å². The third-order valence-corrected chi connectivity index (χ3v) is 7.44. The predicted molar refractivity (Wildman–Crippen MR) is 113 cm³/mol. The van der Waals surface area contributed by atoms with Crippen LogP contribution in [0, 0.1) is 0 Å². The van der Waals surface area contributed by atoms with E-state index >= 15 is 0 Å². The standard InChI is InChI=1S/C22H21N3O4S/c26-22(21-13-18(14-23-21)30(27,28)25-7-9-29-10-8-25)24-17-5-6-20-16(12-17)11-15-3-1-2-4-19(15)20/h1-6,12-14,23H,7-11H2,(H,24,26). The van der Waals surface area contributed by atoms with E-state index in [1.807, 2.05) is 30.3 Å². The Hall–Kier alpha value is -2.94. The fourth-order valence-corrected chi connectivity index (χ4v) is 5.41. The lowest BCUT2D eigenvalue weighted by Gasteiger charge is -2.25. The Morgan fingerprint density at radius 2 is 1.77 bits per heavy atom. The molecule has 7 nitrogen and oxygen atoms in total. The molecule has 1 fully saturated rings. The summed E-state index contributed by atoms with van der Waals surface area (Å²) in [7, 11) is -3.64. The fourth-order valence-electron chi connectivity index (χ4n) is 4.01. The minimum absolute atomic E-state index is 0.0824. The van der Waals surface area contributed by atoms with E-state index in [1.54, 1.807) is 0 Å². The number of rotatable bonds is 4. The van der Waals surface area contributed by atoms with Crippen molar-refractivity contribution in [2.75, 3.05) is 31.6 Å². The maximum atomic E-state index is 12.7. The molecule has 0 bridgehead atoms. The van der Waals surface area contributed by atoms with Gasteiger partial charge in [-0.05, 0) is 46.9 Å². The number of aromatic amines is 1. The summed E-state index contributed by atoms with van der Waals surface area (Å²) in [5.74, 6) is -0.381. The van der Waals surface area contributed by atoms with Gasteiger partial charge in [-0.1, -0.05) is 30.3 Å². The molecule has 154 valence electrons. The van der Waals surface area contributed by atoms with Gasteiger partial charge in [0, 0.05) is 25.0 Å². The molecule has 0 unspecified atom stereocenters. The zero-order valence-electron chi connectivity index (χ0n) is 16.2. The first kappa shape index (κ1) is 19.0. The molecule has 1 saturated heterocycles. The van der Waals surface area contributed by atoms with Crippen molar-refractivity contribution in [3.05, 3.63) is 71.5 Å². The number of carbonyl (C=O) groups is 1. The molecule has 0 atom stereocenters. The first-order valence-corrected chi connectivity index (χ1v) is 11.3. The van der Waals surface area contributed by atoms with Crippen molar-refractivity contribution in [2.45, 2.75) is 11.3 Å². The Labute approximate surface area is 174 Å². The van der Waals surface area contributed by atoms with E-state index in [9.17, 15) is 13.2 Å². The molecule has 2 N–H and O–H groups in total. The van der Waals surface area contributed by atoms with Crippen LogP contribution in [-0.4, -0.2) is 49.9 Å². The largest absolute Gasteiger partial charge is 0.379 e. The van der Waals surface area contributed by atoms with Gasteiger partial charge in [0.1, 0.15) is 10.6 Å². The number of morpholine rings is 1. The van der Waals surface area contributed by atoms with Crippen LogP contribution in [-0.2, 0) is 21.2 Å². The van der Waals surface area contributed by atoms with Crippen LogP contribution >= 0.6 is 0 Å². The number of carbonyl (C=O) groups excluding carboxylic acids is 1. The van der Waals surface area contributed by atoms with Crippen molar-refractivity contribution in [1.82, 2.24) is 9.29 Å². The van der Waals surface area contributed by atoms with Crippen LogP contribution in [0.2, 0.25) is 0 Å². The van der Waals surface area contributed by atoms with Gasteiger partial charge in [0.05, 0.1) is 13.2 Å². The van der Waals surface area contributed by atoms with Crippen molar-refractivity contribution in [3.8, 4) is 11.1 Å². The highest BCUT2D eigenvalue weighted by Gasteiger charge is 2.28.